The van der Waals surface area contributed by atoms with Gasteiger partial charge in [-0.15, -0.1) is 0 Å². The third-order valence-corrected chi connectivity index (χ3v) is 4.48. The molecule has 12 nitrogen and oxygen atoms in total. The number of nitrogens with two attached hydrogens (primary N) is 2. The first kappa shape index (κ1) is 23.3. The number of para-hydroxylation sites is 1. The molecule has 0 bridgehead atoms. The third kappa shape index (κ3) is 6.54. The SMILES string of the molecule is NC(=O)CC(NC(=O)C(N)CC(=O)O)C(=O)NC(Cc1c[nH]c2ccccc12)C(=O)O. The normalized spacial score (nSPS) is 13.7. The van der Waals surface area contributed by atoms with E-state index in [1.807, 2.05) is 12.1 Å². The minimum atomic E-state index is -1.52. The Hall–Kier alpha value is -3.93. The van der Waals surface area contributed by atoms with Crippen LogP contribution >= 0.6 is 0 Å². The number of amides is 3. The van der Waals surface area contributed by atoms with Crippen LogP contribution in [0.4, 0.5) is 0 Å². The second-order valence-corrected chi connectivity index (χ2v) is 6.90. The predicted octanol–water partition coefficient (Wildman–Crippen LogP) is -1.56. The molecule has 3 unspecified atom stereocenters. The summed E-state index contributed by atoms with van der Waals surface area (Å²) in [5.41, 5.74) is 12.0. The van der Waals surface area contributed by atoms with Gasteiger partial charge in [-0.2, -0.15) is 0 Å². The highest BCUT2D eigenvalue weighted by Crippen LogP contribution is 2.19. The van der Waals surface area contributed by atoms with Crippen molar-refractivity contribution in [3.63, 3.8) is 0 Å². The molecule has 0 spiro atoms. The van der Waals surface area contributed by atoms with Crippen LogP contribution in [0.1, 0.15) is 18.4 Å². The lowest BCUT2D eigenvalue weighted by molar-refractivity contribution is -0.143. The van der Waals surface area contributed by atoms with Crippen molar-refractivity contribution in [2.24, 2.45) is 11.5 Å². The van der Waals surface area contributed by atoms with E-state index in [2.05, 4.69) is 15.6 Å². The number of carbonyl (C=O) groups is 5. The van der Waals surface area contributed by atoms with Gasteiger partial charge in [-0.25, -0.2) is 4.79 Å². The molecule has 3 atom stereocenters. The third-order valence-electron chi connectivity index (χ3n) is 4.48. The molecule has 0 fully saturated rings. The van der Waals surface area contributed by atoms with Crippen molar-refractivity contribution in [2.45, 2.75) is 37.4 Å². The van der Waals surface area contributed by atoms with Gasteiger partial charge in [0.2, 0.25) is 17.7 Å². The van der Waals surface area contributed by atoms with Gasteiger partial charge in [-0.1, -0.05) is 18.2 Å². The summed E-state index contributed by atoms with van der Waals surface area (Å²) in [5, 5.41) is 23.5. The largest absolute Gasteiger partial charge is 0.481 e. The molecule has 9 N–H and O–H groups in total. The lowest BCUT2D eigenvalue weighted by atomic mass is 10.0. The Morgan fingerprint density at radius 2 is 1.61 bits per heavy atom. The van der Waals surface area contributed by atoms with Gasteiger partial charge in [0, 0.05) is 23.5 Å². The number of primary amides is 1. The van der Waals surface area contributed by atoms with Gasteiger partial charge >= 0.3 is 11.9 Å². The standard InChI is InChI=1S/C19H23N5O7/c20-11(6-16(26)27)17(28)23-13(7-15(21)25)18(29)24-14(19(30)31)5-9-8-22-12-4-2-1-3-10(9)12/h1-4,8,11,13-14,22H,5-7,20H2,(H2,21,25)(H,23,28)(H,24,29)(H,26,27)(H,30,31). The van der Waals surface area contributed by atoms with Gasteiger partial charge in [0.1, 0.15) is 12.1 Å². The average molecular weight is 433 g/mol. The van der Waals surface area contributed by atoms with E-state index in [9.17, 15) is 29.1 Å². The fourth-order valence-corrected chi connectivity index (χ4v) is 2.96. The highest BCUT2D eigenvalue weighted by atomic mass is 16.4. The summed E-state index contributed by atoms with van der Waals surface area (Å²) in [7, 11) is 0. The maximum Gasteiger partial charge on any atom is 0.326 e. The van der Waals surface area contributed by atoms with E-state index in [0.717, 1.165) is 10.9 Å². The molecule has 12 heteroatoms. The molecule has 2 aromatic rings. The van der Waals surface area contributed by atoms with Crippen molar-refractivity contribution in [3.8, 4) is 0 Å². The van der Waals surface area contributed by atoms with Gasteiger partial charge < -0.3 is 37.3 Å². The Labute approximate surface area is 176 Å². The summed E-state index contributed by atoms with van der Waals surface area (Å²) >= 11 is 0. The summed E-state index contributed by atoms with van der Waals surface area (Å²) in [6, 6.07) is 2.84. The number of fused-ring (bicyclic) bond motifs is 1. The molecule has 1 heterocycles. The zero-order valence-corrected chi connectivity index (χ0v) is 16.3. The molecule has 2 rings (SSSR count). The van der Waals surface area contributed by atoms with Crippen molar-refractivity contribution in [1.82, 2.24) is 15.6 Å². The van der Waals surface area contributed by atoms with Crippen molar-refractivity contribution >= 4 is 40.6 Å². The van der Waals surface area contributed by atoms with E-state index >= 15 is 0 Å². The molecular weight excluding hydrogens is 410 g/mol. The van der Waals surface area contributed by atoms with Gasteiger partial charge in [0.15, 0.2) is 0 Å². The number of carboxylic acid groups (broad SMARTS) is 2. The molecule has 0 saturated heterocycles. The van der Waals surface area contributed by atoms with Gasteiger partial charge in [-0.3, -0.25) is 19.2 Å². The number of H-pyrrole nitrogens is 1. The van der Waals surface area contributed by atoms with Crippen LogP contribution in [-0.2, 0) is 30.4 Å². The Bertz CT molecular complexity index is 1000. The number of aromatic nitrogens is 1. The number of nitrogens with one attached hydrogen (secondary N) is 3. The molecule has 0 radical (unpaired) electrons. The zero-order chi connectivity index (χ0) is 23.1. The fraction of sp³-hybridized carbons (Fsp3) is 0.316. The number of aliphatic carboxylic acids is 2. The van der Waals surface area contributed by atoms with Crippen LogP contribution in [0.15, 0.2) is 30.5 Å². The van der Waals surface area contributed by atoms with Gasteiger partial charge in [0.25, 0.3) is 0 Å². The van der Waals surface area contributed by atoms with Crippen molar-refractivity contribution in [3.05, 3.63) is 36.0 Å². The van der Waals surface area contributed by atoms with Gasteiger partial charge in [0.05, 0.1) is 18.9 Å². The Balaban J connectivity index is 2.14. The second-order valence-electron chi connectivity index (χ2n) is 6.90. The predicted molar refractivity (Wildman–Crippen MR) is 108 cm³/mol. The van der Waals surface area contributed by atoms with Gasteiger partial charge in [-0.05, 0) is 11.6 Å². The molecule has 0 aliphatic carbocycles. The van der Waals surface area contributed by atoms with Crippen molar-refractivity contribution < 1.29 is 34.2 Å². The number of benzene rings is 1. The van der Waals surface area contributed by atoms with E-state index in [4.69, 9.17) is 16.6 Å². The maximum atomic E-state index is 12.6. The van der Waals surface area contributed by atoms with Crippen LogP contribution in [0.25, 0.3) is 10.9 Å². The highest BCUT2D eigenvalue weighted by Gasteiger charge is 2.30. The van der Waals surface area contributed by atoms with E-state index in [-0.39, 0.29) is 6.42 Å². The Kier molecular flexibility index (Phi) is 7.69. The van der Waals surface area contributed by atoms with Crippen molar-refractivity contribution in [1.29, 1.82) is 0 Å². The molecule has 1 aromatic carbocycles. The molecule has 1 aromatic heterocycles. The molecule has 166 valence electrons. The van der Waals surface area contributed by atoms with E-state index in [1.165, 1.54) is 0 Å². The number of carboxylic acids is 2. The molecular formula is C19H23N5O7. The maximum absolute atomic E-state index is 12.6. The molecule has 0 aliphatic rings. The van der Waals surface area contributed by atoms with Crippen LogP contribution in [0.3, 0.4) is 0 Å². The fourth-order valence-electron chi connectivity index (χ4n) is 2.96. The number of carbonyl (C=O) groups excluding carboxylic acids is 3. The summed E-state index contributed by atoms with van der Waals surface area (Å²) in [5.74, 6) is -5.56. The minimum Gasteiger partial charge on any atom is -0.481 e. The van der Waals surface area contributed by atoms with Crippen LogP contribution in [0, 0.1) is 0 Å². The van der Waals surface area contributed by atoms with Crippen LogP contribution in [0.5, 0.6) is 0 Å². The monoisotopic (exact) mass is 433 g/mol. The summed E-state index contributed by atoms with van der Waals surface area (Å²) in [6.45, 7) is 0. The molecule has 31 heavy (non-hydrogen) atoms. The highest BCUT2D eigenvalue weighted by molar-refractivity contribution is 5.95. The lowest BCUT2D eigenvalue weighted by Gasteiger charge is -2.22. The first-order valence-corrected chi connectivity index (χ1v) is 9.22. The number of aromatic amines is 1. The lowest BCUT2D eigenvalue weighted by Crippen LogP contribution is -2.56. The molecule has 0 aliphatic heterocycles. The zero-order valence-electron chi connectivity index (χ0n) is 16.3. The number of hydrogen-bond acceptors (Lipinski definition) is 6. The number of rotatable bonds is 11. The molecule has 0 saturated carbocycles. The number of hydrogen-bond donors (Lipinski definition) is 7. The second kappa shape index (κ2) is 10.2. The van der Waals surface area contributed by atoms with Crippen LogP contribution in [-0.4, -0.2) is 63.0 Å². The van der Waals surface area contributed by atoms with E-state index < -0.39 is 60.6 Å². The van der Waals surface area contributed by atoms with Crippen molar-refractivity contribution in [2.75, 3.05) is 0 Å². The smallest absolute Gasteiger partial charge is 0.326 e. The van der Waals surface area contributed by atoms with E-state index in [0.29, 0.717) is 5.56 Å². The average Bonchev–Trinajstić information content (AvgIpc) is 3.08. The van der Waals surface area contributed by atoms with Crippen LogP contribution in [0.2, 0.25) is 0 Å². The Morgan fingerprint density at radius 1 is 0.968 bits per heavy atom. The summed E-state index contributed by atoms with van der Waals surface area (Å²) in [4.78, 5) is 61.4. The topological polar surface area (TPSA) is 218 Å². The molecule has 3 amide bonds. The van der Waals surface area contributed by atoms with E-state index in [1.54, 1.807) is 18.3 Å². The van der Waals surface area contributed by atoms with Crippen LogP contribution < -0.4 is 22.1 Å². The summed E-state index contributed by atoms with van der Waals surface area (Å²) < 4.78 is 0. The quantitative estimate of drug-likeness (QED) is 0.219. The Morgan fingerprint density at radius 3 is 2.23 bits per heavy atom. The summed E-state index contributed by atoms with van der Waals surface area (Å²) in [6.07, 6.45) is 0.229. The minimum absolute atomic E-state index is 0.0686. The first-order chi connectivity index (χ1) is 14.6. The first-order valence-electron chi connectivity index (χ1n) is 9.22.